The molecule has 1 aliphatic carbocycles. The van der Waals surface area contributed by atoms with Crippen LogP contribution in [0.1, 0.15) is 49.3 Å². The van der Waals surface area contributed by atoms with E-state index >= 15 is 0 Å². The highest BCUT2D eigenvalue weighted by atomic mass is 16.5. The summed E-state index contributed by atoms with van der Waals surface area (Å²) in [5, 5.41) is 0. The Kier molecular flexibility index (Phi) is 4.39. The van der Waals surface area contributed by atoms with Crippen LogP contribution in [0.4, 0.5) is 0 Å². The Balaban J connectivity index is 1.76. The molecule has 1 aliphatic heterocycles. The second-order valence-electron chi connectivity index (χ2n) is 6.09. The molecule has 2 N–H and O–H groups in total. The quantitative estimate of drug-likeness (QED) is 0.897. The number of hydrogen-bond donors (Lipinski definition) is 1. The lowest BCUT2D eigenvalue weighted by Gasteiger charge is -2.38. The fourth-order valence-corrected chi connectivity index (χ4v) is 3.21. The Hall–Kier alpha value is -0.900. The highest BCUT2D eigenvalue weighted by molar-refractivity contribution is 5.31. The molecule has 2 unspecified atom stereocenters. The van der Waals surface area contributed by atoms with E-state index in [0.29, 0.717) is 18.7 Å². The van der Waals surface area contributed by atoms with E-state index in [2.05, 4.69) is 36.1 Å². The zero-order valence-corrected chi connectivity index (χ0v) is 12.4. The van der Waals surface area contributed by atoms with Gasteiger partial charge in [-0.3, -0.25) is 4.90 Å². The van der Waals surface area contributed by atoms with Crippen molar-refractivity contribution in [2.45, 2.75) is 44.2 Å². The van der Waals surface area contributed by atoms with Crippen LogP contribution in [0.5, 0.6) is 0 Å². The first-order chi connectivity index (χ1) is 9.81. The van der Waals surface area contributed by atoms with Gasteiger partial charge in [-0.1, -0.05) is 31.2 Å². The van der Waals surface area contributed by atoms with Crippen molar-refractivity contribution in [2.24, 2.45) is 5.73 Å². The molecule has 1 aromatic carbocycles. The van der Waals surface area contributed by atoms with Crippen molar-refractivity contribution < 1.29 is 4.74 Å². The van der Waals surface area contributed by atoms with Gasteiger partial charge in [0.15, 0.2) is 0 Å². The van der Waals surface area contributed by atoms with E-state index in [9.17, 15) is 0 Å². The van der Waals surface area contributed by atoms with Crippen LogP contribution in [0.25, 0.3) is 0 Å². The average Bonchev–Trinajstić information content (AvgIpc) is 3.33. The van der Waals surface area contributed by atoms with Crippen LogP contribution < -0.4 is 5.73 Å². The summed E-state index contributed by atoms with van der Waals surface area (Å²) < 4.78 is 5.78. The molecule has 3 rings (SSSR count). The molecule has 0 spiro atoms. The lowest BCUT2D eigenvalue weighted by molar-refractivity contribution is -0.0437. The number of nitrogens with zero attached hydrogens (tertiary/aromatic N) is 1. The fraction of sp³-hybridized carbons (Fsp3) is 0.647. The van der Waals surface area contributed by atoms with E-state index in [1.807, 2.05) is 0 Å². The van der Waals surface area contributed by atoms with Crippen molar-refractivity contribution in [1.82, 2.24) is 4.90 Å². The number of rotatable bonds is 5. The molecule has 0 bridgehead atoms. The van der Waals surface area contributed by atoms with E-state index < -0.39 is 0 Å². The monoisotopic (exact) mass is 274 g/mol. The Morgan fingerprint density at radius 3 is 2.95 bits per heavy atom. The van der Waals surface area contributed by atoms with Crippen LogP contribution in [0.2, 0.25) is 0 Å². The van der Waals surface area contributed by atoms with Gasteiger partial charge < -0.3 is 10.5 Å². The zero-order chi connectivity index (χ0) is 13.9. The highest BCUT2D eigenvalue weighted by Gasteiger charge is 2.28. The second kappa shape index (κ2) is 6.25. The first-order valence-electron chi connectivity index (χ1n) is 7.97. The molecular weight excluding hydrogens is 248 g/mol. The van der Waals surface area contributed by atoms with Crippen molar-refractivity contribution >= 4 is 0 Å². The third kappa shape index (κ3) is 3.05. The van der Waals surface area contributed by atoms with Crippen molar-refractivity contribution in [1.29, 1.82) is 0 Å². The van der Waals surface area contributed by atoms with Gasteiger partial charge >= 0.3 is 0 Å². The molecule has 1 saturated carbocycles. The maximum atomic E-state index is 6.08. The SMILES string of the molecule is CCC1CN(C(CN)c2cccc(C3CC3)c2)CCO1. The van der Waals surface area contributed by atoms with Gasteiger partial charge in [-0.15, -0.1) is 0 Å². The van der Waals surface area contributed by atoms with Crippen molar-refractivity contribution in [3.05, 3.63) is 35.4 Å². The fourth-order valence-electron chi connectivity index (χ4n) is 3.21. The van der Waals surface area contributed by atoms with Gasteiger partial charge in [0.25, 0.3) is 0 Å². The van der Waals surface area contributed by atoms with Gasteiger partial charge in [-0.2, -0.15) is 0 Å². The molecule has 3 heteroatoms. The Morgan fingerprint density at radius 2 is 2.25 bits per heavy atom. The van der Waals surface area contributed by atoms with Crippen LogP contribution in [-0.4, -0.2) is 37.2 Å². The average molecular weight is 274 g/mol. The predicted molar refractivity (Wildman–Crippen MR) is 81.8 cm³/mol. The van der Waals surface area contributed by atoms with Gasteiger partial charge in [0.1, 0.15) is 0 Å². The molecule has 2 atom stereocenters. The van der Waals surface area contributed by atoms with Crippen LogP contribution in [-0.2, 0) is 4.74 Å². The van der Waals surface area contributed by atoms with Gasteiger partial charge in [0.05, 0.1) is 12.7 Å². The topological polar surface area (TPSA) is 38.5 Å². The predicted octanol–water partition coefficient (Wildman–Crippen LogP) is 2.67. The number of ether oxygens (including phenoxy) is 1. The largest absolute Gasteiger partial charge is 0.376 e. The summed E-state index contributed by atoms with van der Waals surface area (Å²) in [5.41, 5.74) is 8.97. The summed E-state index contributed by atoms with van der Waals surface area (Å²) in [4.78, 5) is 2.50. The number of morpholine rings is 1. The van der Waals surface area contributed by atoms with Crippen molar-refractivity contribution in [3.63, 3.8) is 0 Å². The molecule has 110 valence electrons. The summed E-state index contributed by atoms with van der Waals surface area (Å²) in [7, 11) is 0. The molecule has 20 heavy (non-hydrogen) atoms. The molecule has 0 amide bonds. The molecule has 0 aromatic heterocycles. The van der Waals surface area contributed by atoms with Gasteiger partial charge in [0.2, 0.25) is 0 Å². The lowest BCUT2D eigenvalue weighted by atomic mass is 9.99. The van der Waals surface area contributed by atoms with Gasteiger partial charge in [0, 0.05) is 25.7 Å². The molecule has 0 radical (unpaired) electrons. The first kappa shape index (κ1) is 14.1. The Labute approximate surface area is 122 Å². The molecule has 1 heterocycles. The smallest absolute Gasteiger partial charge is 0.0700 e. The van der Waals surface area contributed by atoms with E-state index in [1.165, 1.54) is 24.0 Å². The zero-order valence-electron chi connectivity index (χ0n) is 12.4. The normalized spacial score (nSPS) is 25.6. The minimum Gasteiger partial charge on any atom is -0.376 e. The van der Waals surface area contributed by atoms with Crippen LogP contribution in [0, 0.1) is 0 Å². The van der Waals surface area contributed by atoms with Crippen molar-refractivity contribution in [2.75, 3.05) is 26.2 Å². The van der Waals surface area contributed by atoms with Crippen molar-refractivity contribution in [3.8, 4) is 0 Å². The molecule has 3 nitrogen and oxygen atoms in total. The minimum atomic E-state index is 0.339. The number of benzene rings is 1. The standard InChI is InChI=1S/C17H26N2O/c1-2-16-12-19(8-9-20-16)17(11-18)15-5-3-4-14(10-15)13-6-7-13/h3-5,10,13,16-17H,2,6-9,11-12,18H2,1H3. The summed E-state index contributed by atoms with van der Waals surface area (Å²) in [6.45, 7) is 5.71. The maximum Gasteiger partial charge on any atom is 0.0700 e. The number of nitrogens with two attached hydrogens (primary N) is 1. The molecule has 1 saturated heterocycles. The Morgan fingerprint density at radius 1 is 1.40 bits per heavy atom. The third-order valence-electron chi connectivity index (χ3n) is 4.63. The molecule has 1 aromatic rings. The molecular formula is C17H26N2O. The van der Waals surface area contributed by atoms with Gasteiger partial charge in [-0.05, 0) is 36.3 Å². The summed E-state index contributed by atoms with van der Waals surface area (Å²) in [5.74, 6) is 0.807. The first-order valence-corrected chi connectivity index (χ1v) is 7.97. The Bertz CT molecular complexity index is 444. The number of hydrogen-bond acceptors (Lipinski definition) is 3. The molecule has 2 fully saturated rings. The van der Waals surface area contributed by atoms with Crippen LogP contribution in [0.3, 0.4) is 0 Å². The van der Waals surface area contributed by atoms with E-state index in [-0.39, 0.29) is 0 Å². The second-order valence-corrected chi connectivity index (χ2v) is 6.09. The summed E-state index contributed by atoms with van der Waals surface area (Å²) >= 11 is 0. The van der Waals surface area contributed by atoms with E-state index in [1.54, 1.807) is 0 Å². The van der Waals surface area contributed by atoms with Gasteiger partial charge in [-0.25, -0.2) is 0 Å². The summed E-state index contributed by atoms with van der Waals surface area (Å²) in [6, 6.07) is 9.42. The molecule has 2 aliphatic rings. The lowest BCUT2D eigenvalue weighted by Crippen LogP contribution is -2.46. The summed E-state index contributed by atoms with van der Waals surface area (Å²) in [6.07, 6.45) is 4.15. The van der Waals surface area contributed by atoms with Crippen LogP contribution >= 0.6 is 0 Å². The van der Waals surface area contributed by atoms with E-state index in [0.717, 1.165) is 32.0 Å². The third-order valence-corrected chi connectivity index (χ3v) is 4.63. The van der Waals surface area contributed by atoms with Crippen LogP contribution in [0.15, 0.2) is 24.3 Å². The van der Waals surface area contributed by atoms with E-state index in [4.69, 9.17) is 10.5 Å². The highest BCUT2D eigenvalue weighted by Crippen LogP contribution is 2.40. The minimum absolute atomic E-state index is 0.339. The maximum absolute atomic E-state index is 6.08.